The minimum Gasteiger partial charge on any atom is -0.507 e. The molecule has 1 aliphatic rings. The first-order valence-electron chi connectivity index (χ1n) is 9.71. The lowest BCUT2D eigenvalue weighted by Crippen LogP contribution is -2.29. The maximum atomic E-state index is 13.0. The van der Waals surface area contributed by atoms with Gasteiger partial charge in [0.1, 0.15) is 11.5 Å². The van der Waals surface area contributed by atoms with Gasteiger partial charge in [0.05, 0.1) is 30.1 Å². The van der Waals surface area contributed by atoms with Crippen LogP contribution < -0.4 is 9.64 Å². The number of pyridine rings is 1. The maximum Gasteiger partial charge on any atom is 0.300 e. The molecule has 6 nitrogen and oxygen atoms in total. The number of rotatable bonds is 5. The molecule has 2 heterocycles. The van der Waals surface area contributed by atoms with Crippen LogP contribution in [0.1, 0.15) is 24.1 Å². The fourth-order valence-electron chi connectivity index (χ4n) is 3.59. The molecule has 2 aromatic carbocycles. The number of carbonyl (C=O) groups is 2. The van der Waals surface area contributed by atoms with Crippen LogP contribution in [0.2, 0.25) is 5.02 Å². The first kappa shape index (κ1) is 20.6. The third-order valence-electron chi connectivity index (χ3n) is 4.99. The summed E-state index contributed by atoms with van der Waals surface area (Å²) in [5.74, 6) is -1.10. The fraction of sp³-hybridized carbons (Fsp3) is 0.125. The van der Waals surface area contributed by atoms with Crippen molar-refractivity contribution in [1.29, 1.82) is 0 Å². The zero-order valence-corrected chi connectivity index (χ0v) is 17.4. The average molecular weight is 435 g/mol. The van der Waals surface area contributed by atoms with Crippen molar-refractivity contribution >= 4 is 34.7 Å². The summed E-state index contributed by atoms with van der Waals surface area (Å²) in [6.45, 7) is 2.40. The molecule has 0 bridgehead atoms. The standard InChI is InChI=1S/C24H19ClN2O4/c1-2-31-19-11-7-15(8-12-19)21-20(22(28)16-5-9-17(25)10-6-16)23(29)24(30)27(21)18-4-3-13-26-14-18/h3-14,21,28H,2H2,1H3/b22-20-. The quantitative estimate of drug-likeness (QED) is 0.356. The number of amides is 1. The van der Waals surface area contributed by atoms with Gasteiger partial charge < -0.3 is 9.84 Å². The molecule has 156 valence electrons. The maximum absolute atomic E-state index is 13.0. The number of nitrogens with zero attached hydrogens (tertiary/aromatic N) is 2. The Morgan fingerprint density at radius 2 is 1.81 bits per heavy atom. The van der Waals surface area contributed by atoms with Crippen LogP contribution in [-0.4, -0.2) is 28.4 Å². The molecule has 0 saturated carbocycles. The number of anilines is 1. The lowest BCUT2D eigenvalue weighted by Gasteiger charge is -2.25. The van der Waals surface area contributed by atoms with Gasteiger partial charge in [0.2, 0.25) is 0 Å². The molecule has 1 amide bonds. The van der Waals surface area contributed by atoms with Gasteiger partial charge in [0, 0.05) is 16.8 Å². The highest BCUT2D eigenvalue weighted by molar-refractivity contribution is 6.51. The van der Waals surface area contributed by atoms with Crippen LogP contribution in [0.5, 0.6) is 5.75 Å². The molecule has 1 aliphatic heterocycles. The summed E-state index contributed by atoms with van der Waals surface area (Å²) in [6.07, 6.45) is 3.09. The molecule has 0 radical (unpaired) electrons. The Morgan fingerprint density at radius 1 is 1.10 bits per heavy atom. The number of carbonyl (C=O) groups excluding carboxylic acids is 2. The van der Waals surface area contributed by atoms with Crippen LogP contribution >= 0.6 is 11.6 Å². The summed E-state index contributed by atoms with van der Waals surface area (Å²) in [6, 6.07) is 16.1. The van der Waals surface area contributed by atoms with Gasteiger partial charge in [-0.3, -0.25) is 19.5 Å². The Morgan fingerprint density at radius 3 is 2.42 bits per heavy atom. The zero-order valence-electron chi connectivity index (χ0n) is 16.7. The lowest BCUT2D eigenvalue weighted by atomic mass is 9.95. The summed E-state index contributed by atoms with van der Waals surface area (Å²) in [5, 5.41) is 11.5. The molecule has 4 rings (SSSR count). The minimum atomic E-state index is -0.824. The molecule has 1 fully saturated rings. The summed E-state index contributed by atoms with van der Waals surface area (Å²) in [7, 11) is 0. The van der Waals surface area contributed by atoms with Gasteiger partial charge in [0.15, 0.2) is 0 Å². The van der Waals surface area contributed by atoms with Gasteiger partial charge in [-0.05, 0) is 61.0 Å². The topological polar surface area (TPSA) is 79.7 Å². The van der Waals surface area contributed by atoms with Crippen molar-refractivity contribution in [3.05, 3.63) is 94.8 Å². The largest absolute Gasteiger partial charge is 0.507 e. The zero-order chi connectivity index (χ0) is 22.0. The fourth-order valence-corrected chi connectivity index (χ4v) is 3.71. The van der Waals surface area contributed by atoms with Gasteiger partial charge in [-0.15, -0.1) is 0 Å². The van der Waals surface area contributed by atoms with Crippen molar-refractivity contribution in [2.45, 2.75) is 13.0 Å². The van der Waals surface area contributed by atoms with E-state index in [9.17, 15) is 14.7 Å². The highest BCUT2D eigenvalue weighted by Crippen LogP contribution is 2.42. The Balaban J connectivity index is 1.89. The SMILES string of the molecule is CCOc1ccc(C2/C(=C(/O)c3ccc(Cl)cc3)C(=O)C(=O)N2c2cccnc2)cc1. The number of hydrogen-bond donors (Lipinski definition) is 1. The molecule has 1 N–H and O–H groups in total. The lowest BCUT2D eigenvalue weighted by molar-refractivity contribution is -0.132. The van der Waals surface area contributed by atoms with Crippen LogP contribution in [-0.2, 0) is 9.59 Å². The molecule has 1 unspecified atom stereocenters. The molecule has 31 heavy (non-hydrogen) atoms. The second kappa shape index (κ2) is 8.62. The van der Waals surface area contributed by atoms with E-state index in [1.54, 1.807) is 66.9 Å². The van der Waals surface area contributed by atoms with Crippen molar-refractivity contribution in [2.24, 2.45) is 0 Å². The van der Waals surface area contributed by atoms with E-state index in [1.165, 1.54) is 11.1 Å². The molecular weight excluding hydrogens is 416 g/mol. The molecule has 1 saturated heterocycles. The van der Waals surface area contributed by atoms with Crippen LogP contribution in [0.15, 0.2) is 78.6 Å². The monoisotopic (exact) mass is 434 g/mol. The summed E-state index contributed by atoms with van der Waals surface area (Å²) in [4.78, 5) is 31.5. The van der Waals surface area contributed by atoms with Gasteiger partial charge in [-0.25, -0.2) is 0 Å². The Kier molecular flexibility index (Phi) is 5.73. The average Bonchev–Trinajstić information content (AvgIpc) is 3.06. The summed E-state index contributed by atoms with van der Waals surface area (Å²) in [5.41, 5.74) is 1.51. The second-order valence-electron chi connectivity index (χ2n) is 6.89. The highest BCUT2D eigenvalue weighted by atomic mass is 35.5. The van der Waals surface area contributed by atoms with Gasteiger partial charge in [-0.2, -0.15) is 0 Å². The van der Waals surface area contributed by atoms with Crippen molar-refractivity contribution in [2.75, 3.05) is 11.5 Å². The van der Waals surface area contributed by atoms with E-state index in [2.05, 4.69) is 4.98 Å². The van der Waals surface area contributed by atoms with E-state index >= 15 is 0 Å². The molecule has 0 spiro atoms. The number of aliphatic hydroxyl groups excluding tert-OH is 1. The number of aliphatic hydroxyl groups is 1. The van der Waals surface area contributed by atoms with Gasteiger partial charge >= 0.3 is 0 Å². The van der Waals surface area contributed by atoms with E-state index in [1.807, 2.05) is 6.92 Å². The molecule has 0 aliphatic carbocycles. The number of aromatic nitrogens is 1. The molecule has 1 atom stereocenters. The highest BCUT2D eigenvalue weighted by Gasteiger charge is 2.47. The van der Waals surface area contributed by atoms with Crippen LogP contribution in [0.3, 0.4) is 0 Å². The third kappa shape index (κ3) is 3.90. The molecular formula is C24H19ClN2O4. The minimum absolute atomic E-state index is 0.000311. The van der Waals surface area contributed by atoms with Crippen LogP contribution in [0.4, 0.5) is 5.69 Å². The van der Waals surface area contributed by atoms with Crippen molar-refractivity contribution in [3.8, 4) is 5.75 Å². The van der Waals surface area contributed by atoms with Gasteiger partial charge in [-0.1, -0.05) is 23.7 Å². The second-order valence-corrected chi connectivity index (χ2v) is 7.33. The predicted molar refractivity (Wildman–Crippen MR) is 118 cm³/mol. The Bertz CT molecular complexity index is 1140. The van der Waals surface area contributed by atoms with Gasteiger partial charge in [0.25, 0.3) is 11.7 Å². The molecule has 1 aromatic heterocycles. The predicted octanol–water partition coefficient (Wildman–Crippen LogP) is 4.76. The number of ketones is 1. The number of halogens is 1. The van der Waals surface area contributed by atoms with Crippen molar-refractivity contribution in [3.63, 3.8) is 0 Å². The van der Waals surface area contributed by atoms with Crippen molar-refractivity contribution in [1.82, 2.24) is 4.98 Å². The van der Waals surface area contributed by atoms with E-state index in [0.717, 1.165) is 0 Å². The van der Waals surface area contributed by atoms with E-state index < -0.39 is 17.7 Å². The molecule has 7 heteroatoms. The number of Topliss-reactive ketones (excluding diaryl/α,β-unsaturated/α-hetero) is 1. The number of benzene rings is 2. The summed E-state index contributed by atoms with van der Waals surface area (Å²) < 4.78 is 5.50. The Labute approximate surface area is 184 Å². The van der Waals surface area contributed by atoms with E-state index in [0.29, 0.717) is 34.2 Å². The number of hydrogen-bond acceptors (Lipinski definition) is 5. The van der Waals surface area contributed by atoms with E-state index in [4.69, 9.17) is 16.3 Å². The van der Waals surface area contributed by atoms with E-state index in [-0.39, 0.29) is 11.3 Å². The summed E-state index contributed by atoms with van der Waals surface area (Å²) >= 11 is 5.95. The van der Waals surface area contributed by atoms with Crippen LogP contribution in [0.25, 0.3) is 5.76 Å². The first-order valence-corrected chi connectivity index (χ1v) is 10.1. The third-order valence-corrected chi connectivity index (χ3v) is 5.24. The first-order chi connectivity index (χ1) is 15.0. The normalized spacial score (nSPS) is 17.7. The van der Waals surface area contributed by atoms with Crippen molar-refractivity contribution < 1.29 is 19.4 Å². The number of ether oxygens (including phenoxy) is 1. The molecule has 3 aromatic rings. The van der Waals surface area contributed by atoms with Crippen LogP contribution in [0, 0.1) is 0 Å². The Hall–Kier alpha value is -3.64. The smallest absolute Gasteiger partial charge is 0.300 e.